The summed E-state index contributed by atoms with van der Waals surface area (Å²) in [6, 6.07) is 11.5. The molecule has 1 aromatic carbocycles. The Balaban J connectivity index is 1.49. The second-order valence-corrected chi connectivity index (χ2v) is 6.25. The van der Waals surface area contributed by atoms with Crippen molar-refractivity contribution < 1.29 is 0 Å². The predicted molar refractivity (Wildman–Crippen MR) is 97.9 cm³/mol. The van der Waals surface area contributed by atoms with Crippen molar-refractivity contribution in [3.05, 3.63) is 52.9 Å². The molecule has 7 heteroatoms. The van der Waals surface area contributed by atoms with Crippen LogP contribution in [0.2, 0.25) is 0 Å². The van der Waals surface area contributed by atoms with Crippen LogP contribution in [-0.2, 0) is 0 Å². The van der Waals surface area contributed by atoms with Gasteiger partial charge in [0.05, 0.1) is 17.2 Å². The average molecular weight is 336 g/mol. The van der Waals surface area contributed by atoms with Gasteiger partial charge in [-0.1, -0.05) is 12.1 Å². The second kappa shape index (κ2) is 6.88. The van der Waals surface area contributed by atoms with E-state index in [1.807, 2.05) is 24.3 Å². The number of nitrogens with one attached hydrogen (secondary N) is 2. The highest BCUT2D eigenvalue weighted by Gasteiger charge is 2.23. The molecule has 1 fully saturated rings. The number of hydrogen-bond donors (Lipinski definition) is 2. The Morgan fingerprint density at radius 2 is 2.04 bits per heavy atom. The molecule has 25 heavy (non-hydrogen) atoms. The molecule has 2 N–H and O–H groups in total. The highest BCUT2D eigenvalue weighted by atomic mass is 16.1. The summed E-state index contributed by atoms with van der Waals surface area (Å²) in [6.07, 6.45) is 5.17. The number of para-hydroxylation sites is 2. The molecule has 3 heterocycles. The number of nitrogens with zero attached hydrogens (tertiary/aromatic N) is 4. The molecule has 2 aromatic heterocycles. The molecule has 1 atom stereocenters. The van der Waals surface area contributed by atoms with E-state index in [1.54, 1.807) is 12.3 Å². The Bertz CT molecular complexity index is 904. The van der Waals surface area contributed by atoms with Crippen molar-refractivity contribution in [2.45, 2.75) is 25.3 Å². The lowest BCUT2D eigenvalue weighted by Gasteiger charge is -2.36. The van der Waals surface area contributed by atoms with E-state index in [2.05, 4.69) is 30.4 Å². The summed E-state index contributed by atoms with van der Waals surface area (Å²) in [7, 11) is 0. The van der Waals surface area contributed by atoms with Crippen molar-refractivity contribution in [3.8, 4) is 0 Å². The molecule has 0 aliphatic carbocycles. The maximum absolute atomic E-state index is 11.2. The van der Waals surface area contributed by atoms with E-state index < -0.39 is 0 Å². The molecule has 0 radical (unpaired) electrons. The zero-order valence-electron chi connectivity index (χ0n) is 13.9. The summed E-state index contributed by atoms with van der Waals surface area (Å²) in [4.78, 5) is 22.5. The topological polar surface area (TPSA) is 86.8 Å². The van der Waals surface area contributed by atoms with Crippen LogP contribution in [0.15, 0.2) is 47.4 Å². The molecule has 128 valence electrons. The van der Waals surface area contributed by atoms with E-state index in [4.69, 9.17) is 0 Å². The Labute approximate surface area is 145 Å². The van der Waals surface area contributed by atoms with Crippen LogP contribution in [-0.4, -0.2) is 39.3 Å². The van der Waals surface area contributed by atoms with Gasteiger partial charge in [0.1, 0.15) is 11.6 Å². The highest BCUT2D eigenvalue weighted by molar-refractivity contribution is 5.75. The van der Waals surface area contributed by atoms with E-state index in [0.29, 0.717) is 6.04 Å². The van der Waals surface area contributed by atoms with Crippen LogP contribution in [0.4, 0.5) is 11.6 Å². The lowest BCUT2D eigenvalue weighted by Crippen LogP contribution is -2.44. The summed E-state index contributed by atoms with van der Waals surface area (Å²) >= 11 is 0. The average Bonchev–Trinajstić information content (AvgIpc) is 2.67. The van der Waals surface area contributed by atoms with E-state index >= 15 is 0 Å². The lowest BCUT2D eigenvalue weighted by molar-refractivity contribution is 0.467. The maximum Gasteiger partial charge on any atom is 0.264 e. The van der Waals surface area contributed by atoms with Crippen LogP contribution in [0.3, 0.4) is 0 Å². The van der Waals surface area contributed by atoms with E-state index in [0.717, 1.165) is 48.6 Å². The number of anilines is 2. The summed E-state index contributed by atoms with van der Waals surface area (Å²) in [5, 5.41) is 10.1. The van der Waals surface area contributed by atoms with Crippen LogP contribution in [0.1, 0.15) is 19.3 Å². The minimum atomic E-state index is -0.179. The van der Waals surface area contributed by atoms with Crippen molar-refractivity contribution in [2.24, 2.45) is 0 Å². The molecule has 0 saturated carbocycles. The fraction of sp³-hybridized carbons (Fsp3) is 0.333. The van der Waals surface area contributed by atoms with Crippen LogP contribution < -0.4 is 15.8 Å². The van der Waals surface area contributed by atoms with Crippen LogP contribution in [0, 0.1) is 0 Å². The summed E-state index contributed by atoms with van der Waals surface area (Å²) in [5.41, 5.74) is 1.60. The molecular formula is C18H20N6O. The van der Waals surface area contributed by atoms with Gasteiger partial charge >= 0.3 is 0 Å². The molecule has 1 aliphatic rings. The minimum Gasteiger partial charge on any atom is -0.367 e. The number of aromatic nitrogens is 4. The summed E-state index contributed by atoms with van der Waals surface area (Å²) in [5.74, 6) is 1.59. The first kappa shape index (κ1) is 15.6. The molecule has 1 saturated heterocycles. The molecule has 1 unspecified atom stereocenters. The zero-order valence-corrected chi connectivity index (χ0v) is 13.9. The Morgan fingerprint density at radius 3 is 2.88 bits per heavy atom. The van der Waals surface area contributed by atoms with Gasteiger partial charge in [-0.15, -0.1) is 0 Å². The van der Waals surface area contributed by atoms with Gasteiger partial charge in [-0.2, -0.15) is 5.10 Å². The molecule has 1 aliphatic heterocycles. The summed E-state index contributed by atoms with van der Waals surface area (Å²) in [6.45, 7) is 1.70. The van der Waals surface area contributed by atoms with Gasteiger partial charge in [0.15, 0.2) is 0 Å². The Kier molecular flexibility index (Phi) is 4.28. The van der Waals surface area contributed by atoms with Crippen LogP contribution >= 0.6 is 0 Å². The number of hydrogen-bond acceptors (Lipinski definition) is 6. The molecule has 7 nitrogen and oxygen atoms in total. The number of aromatic amines is 1. The van der Waals surface area contributed by atoms with E-state index in [1.165, 1.54) is 12.5 Å². The van der Waals surface area contributed by atoms with Crippen molar-refractivity contribution in [1.29, 1.82) is 0 Å². The van der Waals surface area contributed by atoms with Gasteiger partial charge in [-0.3, -0.25) is 9.78 Å². The van der Waals surface area contributed by atoms with Gasteiger partial charge in [0, 0.05) is 25.2 Å². The van der Waals surface area contributed by atoms with Crippen LogP contribution in [0.5, 0.6) is 0 Å². The van der Waals surface area contributed by atoms with Crippen molar-refractivity contribution in [1.82, 2.24) is 20.2 Å². The first-order valence-electron chi connectivity index (χ1n) is 8.58. The number of rotatable bonds is 4. The van der Waals surface area contributed by atoms with E-state index in [-0.39, 0.29) is 5.56 Å². The number of fused-ring (bicyclic) bond motifs is 1. The fourth-order valence-corrected chi connectivity index (χ4v) is 3.28. The van der Waals surface area contributed by atoms with Gasteiger partial charge in [0.2, 0.25) is 0 Å². The first-order valence-corrected chi connectivity index (χ1v) is 8.58. The molecule has 0 spiro atoms. The molecule has 0 amide bonds. The normalized spacial score (nSPS) is 17.6. The van der Waals surface area contributed by atoms with Crippen molar-refractivity contribution in [3.63, 3.8) is 0 Å². The lowest BCUT2D eigenvalue weighted by atomic mass is 10.0. The largest absolute Gasteiger partial charge is 0.367 e. The standard InChI is InChI=1S/C18H20N6O/c25-18-9-8-17(22-23-18)24-10-4-3-5-13(24)11-20-16-12-19-14-6-1-2-7-15(14)21-16/h1-2,6-9,12-13H,3-5,10-11H2,(H,20,21)(H,23,25). The van der Waals surface area contributed by atoms with Gasteiger partial charge in [0.25, 0.3) is 5.56 Å². The summed E-state index contributed by atoms with van der Waals surface area (Å²) < 4.78 is 0. The quantitative estimate of drug-likeness (QED) is 0.759. The highest BCUT2D eigenvalue weighted by Crippen LogP contribution is 2.22. The smallest absolute Gasteiger partial charge is 0.264 e. The SMILES string of the molecule is O=c1ccc(N2CCCCC2CNc2cnc3ccccc3n2)n[nH]1. The molecule has 3 aromatic rings. The predicted octanol–water partition coefficient (Wildman–Crippen LogP) is 2.18. The van der Waals surface area contributed by atoms with Gasteiger partial charge in [-0.05, 0) is 37.5 Å². The first-order chi connectivity index (χ1) is 12.3. The molecular weight excluding hydrogens is 316 g/mol. The van der Waals surface area contributed by atoms with Crippen LogP contribution in [0.25, 0.3) is 11.0 Å². The fourth-order valence-electron chi connectivity index (χ4n) is 3.28. The van der Waals surface area contributed by atoms with Gasteiger partial charge in [-0.25, -0.2) is 10.1 Å². The monoisotopic (exact) mass is 336 g/mol. The maximum atomic E-state index is 11.2. The Morgan fingerprint density at radius 1 is 1.16 bits per heavy atom. The number of piperidine rings is 1. The third-order valence-corrected chi connectivity index (χ3v) is 4.55. The Hall–Kier alpha value is -2.96. The van der Waals surface area contributed by atoms with Crippen molar-refractivity contribution in [2.75, 3.05) is 23.3 Å². The third-order valence-electron chi connectivity index (χ3n) is 4.55. The number of H-pyrrole nitrogens is 1. The minimum absolute atomic E-state index is 0.179. The van der Waals surface area contributed by atoms with Crippen molar-refractivity contribution >= 4 is 22.7 Å². The molecule has 4 rings (SSSR count). The third kappa shape index (κ3) is 3.45. The van der Waals surface area contributed by atoms with E-state index in [9.17, 15) is 4.79 Å². The number of benzene rings is 1. The second-order valence-electron chi connectivity index (χ2n) is 6.25. The van der Waals surface area contributed by atoms with Gasteiger partial charge < -0.3 is 10.2 Å². The molecule has 0 bridgehead atoms. The zero-order chi connectivity index (χ0) is 17.1.